The van der Waals surface area contributed by atoms with Crippen molar-refractivity contribution < 1.29 is 40.6 Å². The minimum Gasteiger partial charge on any atom is -0.497 e. The number of nitrogens with one attached hydrogen (secondary N) is 1. The maximum Gasteiger partial charge on any atom is 0.416 e. The van der Waals surface area contributed by atoms with Crippen LogP contribution in [0.3, 0.4) is 0 Å². The van der Waals surface area contributed by atoms with E-state index < -0.39 is 46.9 Å². The molecule has 0 unspecified atom stereocenters. The first-order chi connectivity index (χ1) is 19.3. The molecular formula is C28H23F6N3O3S. The first-order valence-corrected chi connectivity index (χ1v) is 12.9. The van der Waals surface area contributed by atoms with Gasteiger partial charge in [0.25, 0.3) is 0 Å². The number of aromatic nitrogens is 2. The molecule has 1 aromatic heterocycles. The number of alkyl halides is 6. The van der Waals surface area contributed by atoms with Crippen molar-refractivity contribution in [2.75, 3.05) is 20.0 Å². The Morgan fingerprint density at radius 1 is 0.878 bits per heavy atom. The van der Waals surface area contributed by atoms with Crippen LogP contribution in [0.1, 0.15) is 27.0 Å². The SMILES string of the molecule is COc1ccc(-c2nc(SCCc3c(C(N)=O)cc(C(F)(F)F)cc3C(F)(F)F)[nH]c2-c2ccc(OC)cc2)cc1. The molecule has 0 aliphatic heterocycles. The molecule has 0 saturated carbocycles. The molecule has 4 aromatic rings. The van der Waals surface area contributed by atoms with Gasteiger partial charge in [-0.1, -0.05) is 11.8 Å². The van der Waals surface area contributed by atoms with E-state index in [1.54, 1.807) is 36.4 Å². The third-order valence-electron chi connectivity index (χ3n) is 6.16. The number of methoxy groups -OCH3 is 2. The molecule has 216 valence electrons. The molecule has 41 heavy (non-hydrogen) atoms. The molecule has 6 nitrogen and oxygen atoms in total. The van der Waals surface area contributed by atoms with Gasteiger partial charge in [-0.3, -0.25) is 4.79 Å². The van der Waals surface area contributed by atoms with Crippen LogP contribution in [0.4, 0.5) is 26.3 Å². The van der Waals surface area contributed by atoms with E-state index in [1.165, 1.54) is 14.2 Å². The van der Waals surface area contributed by atoms with Gasteiger partial charge >= 0.3 is 12.4 Å². The standard InChI is InChI=1S/C28H23F6N3O3S/c1-39-18-7-3-15(4-8-18)23-24(16-5-9-19(40-2)10-6-16)37-26(36-23)41-12-11-20-21(25(35)38)13-17(27(29,30)31)14-22(20)28(32,33)34/h3-10,13-14H,11-12H2,1-2H3,(H2,35,38)(H,36,37). The lowest BCUT2D eigenvalue weighted by atomic mass is 9.94. The average molecular weight is 596 g/mol. The molecule has 0 aliphatic rings. The highest BCUT2D eigenvalue weighted by atomic mass is 32.2. The molecule has 0 atom stereocenters. The maximum atomic E-state index is 13.8. The van der Waals surface area contributed by atoms with Crippen LogP contribution in [0.15, 0.2) is 65.8 Å². The molecule has 3 N–H and O–H groups in total. The molecule has 0 radical (unpaired) electrons. The normalized spacial score (nSPS) is 11.9. The Hall–Kier alpha value is -4.13. The molecular weight excluding hydrogens is 572 g/mol. The second-order valence-electron chi connectivity index (χ2n) is 8.73. The summed E-state index contributed by atoms with van der Waals surface area (Å²) in [5, 5.41) is 0.350. The number of hydrogen-bond acceptors (Lipinski definition) is 5. The minimum atomic E-state index is -5.14. The first-order valence-electron chi connectivity index (χ1n) is 11.9. The number of imidazole rings is 1. The number of H-pyrrole nitrogens is 1. The van der Waals surface area contributed by atoms with E-state index in [-0.39, 0.29) is 11.8 Å². The number of amides is 1. The van der Waals surface area contributed by atoms with Gasteiger partial charge < -0.3 is 20.2 Å². The van der Waals surface area contributed by atoms with Crippen LogP contribution < -0.4 is 15.2 Å². The monoisotopic (exact) mass is 595 g/mol. The van der Waals surface area contributed by atoms with E-state index >= 15 is 0 Å². The van der Waals surface area contributed by atoms with E-state index in [4.69, 9.17) is 15.2 Å². The Labute approximate surface area is 234 Å². The topological polar surface area (TPSA) is 90.2 Å². The Bertz CT molecular complexity index is 1470. The highest BCUT2D eigenvalue weighted by molar-refractivity contribution is 7.99. The molecule has 13 heteroatoms. The highest BCUT2D eigenvalue weighted by Crippen LogP contribution is 2.40. The number of hydrogen-bond donors (Lipinski definition) is 2. The van der Waals surface area contributed by atoms with Crippen molar-refractivity contribution in [2.24, 2.45) is 5.73 Å². The summed E-state index contributed by atoms with van der Waals surface area (Å²) in [4.78, 5) is 19.7. The molecule has 0 aliphatic carbocycles. The summed E-state index contributed by atoms with van der Waals surface area (Å²) in [5.74, 6) is -0.168. The van der Waals surface area contributed by atoms with Gasteiger partial charge in [0.1, 0.15) is 11.5 Å². The van der Waals surface area contributed by atoms with Crippen LogP contribution in [-0.4, -0.2) is 35.8 Å². The number of nitrogens with two attached hydrogens (primary N) is 1. The molecule has 0 fully saturated rings. The summed E-state index contributed by atoms with van der Waals surface area (Å²) in [6.45, 7) is 0. The molecule has 0 bridgehead atoms. The van der Waals surface area contributed by atoms with Crippen molar-refractivity contribution in [2.45, 2.75) is 23.9 Å². The molecule has 1 amide bonds. The van der Waals surface area contributed by atoms with Crippen molar-refractivity contribution in [1.29, 1.82) is 0 Å². The van der Waals surface area contributed by atoms with Gasteiger partial charge in [0, 0.05) is 22.4 Å². The minimum absolute atomic E-state index is 0.00287. The summed E-state index contributed by atoms with van der Waals surface area (Å²) < 4.78 is 91.6. The number of nitrogens with zero attached hydrogens (tertiary/aromatic N) is 1. The zero-order valence-corrected chi connectivity index (χ0v) is 22.4. The van der Waals surface area contributed by atoms with E-state index in [0.717, 1.165) is 22.9 Å². The van der Waals surface area contributed by atoms with Gasteiger partial charge in [-0.15, -0.1) is 0 Å². The van der Waals surface area contributed by atoms with Gasteiger partial charge in [0.2, 0.25) is 5.91 Å². The number of ether oxygens (including phenoxy) is 2. The Balaban J connectivity index is 1.68. The Morgan fingerprint density at radius 3 is 1.93 bits per heavy atom. The molecule has 1 heterocycles. The van der Waals surface area contributed by atoms with Crippen molar-refractivity contribution in [3.8, 4) is 34.0 Å². The number of carbonyl (C=O) groups excluding carboxylic acids is 1. The van der Waals surface area contributed by atoms with Gasteiger partial charge in [-0.25, -0.2) is 4.98 Å². The first kappa shape index (κ1) is 29.8. The van der Waals surface area contributed by atoms with Gasteiger partial charge in [-0.05, 0) is 72.6 Å². The second kappa shape index (κ2) is 11.8. The van der Waals surface area contributed by atoms with Crippen LogP contribution in [0.2, 0.25) is 0 Å². The van der Waals surface area contributed by atoms with Crippen molar-refractivity contribution in [3.05, 3.63) is 82.9 Å². The lowest BCUT2D eigenvalue weighted by Gasteiger charge is -2.18. The molecule has 4 rings (SSSR count). The third kappa shape index (κ3) is 6.79. The number of halogens is 6. The van der Waals surface area contributed by atoms with Crippen molar-refractivity contribution >= 4 is 17.7 Å². The van der Waals surface area contributed by atoms with Crippen LogP contribution >= 0.6 is 11.8 Å². The van der Waals surface area contributed by atoms with E-state index in [9.17, 15) is 31.1 Å². The number of thioether (sulfide) groups is 1. The summed E-state index contributed by atoms with van der Waals surface area (Å²) >= 11 is 1.05. The number of rotatable bonds is 9. The van der Waals surface area contributed by atoms with Crippen molar-refractivity contribution in [3.63, 3.8) is 0 Å². The molecule has 3 aromatic carbocycles. The van der Waals surface area contributed by atoms with E-state index in [2.05, 4.69) is 9.97 Å². The van der Waals surface area contributed by atoms with Crippen LogP contribution in [-0.2, 0) is 18.8 Å². The number of benzene rings is 3. The van der Waals surface area contributed by atoms with Gasteiger partial charge in [0.05, 0.1) is 36.7 Å². The summed E-state index contributed by atoms with van der Waals surface area (Å²) in [6, 6.07) is 14.6. The van der Waals surface area contributed by atoms with Crippen LogP contribution in [0, 0.1) is 0 Å². The van der Waals surface area contributed by atoms with Gasteiger partial charge in [0.15, 0.2) is 5.16 Å². The maximum absolute atomic E-state index is 13.8. The van der Waals surface area contributed by atoms with Gasteiger partial charge in [-0.2, -0.15) is 26.3 Å². The lowest BCUT2D eigenvalue weighted by molar-refractivity contribution is -0.143. The highest BCUT2D eigenvalue weighted by Gasteiger charge is 2.40. The smallest absolute Gasteiger partial charge is 0.416 e. The quantitative estimate of drug-likeness (QED) is 0.157. The number of primary amides is 1. The zero-order valence-electron chi connectivity index (χ0n) is 21.6. The average Bonchev–Trinajstić information content (AvgIpc) is 3.36. The van der Waals surface area contributed by atoms with Crippen LogP contribution in [0.5, 0.6) is 11.5 Å². The Kier molecular flexibility index (Phi) is 8.57. The fraction of sp³-hybridized carbons (Fsp3) is 0.214. The summed E-state index contributed by atoms with van der Waals surface area (Å²) in [5.41, 5.74) is 3.28. The predicted octanol–water partition coefficient (Wildman–Crippen LogP) is 7.23. The van der Waals surface area contributed by atoms with E-state index in [1.807, 2.05) is 12.1 Å². The number of aromatic amines is 1. The Morgan fingerprint density at radius 2 is 1.44 bits per heavy atom. The fourth-order valence-electron chi connectivity index (χ4n) is 4.17. The zero-order chi connectivity index (χ0) is 29.9. The predicted molar refractivity (Wildman–Crippen MR) is 142 cm³/mol. The second-order valence-corrected chi connectivity index (χ2v) is 9.81. The lowest BCUT2D eigenvalue weighted by Crippen LogP contribution is -2.21. The van der Waals surface area contributed by atoms with E-state index in [0.29, 0.717) is 34.1 Å². The largest absolute Gasteiger partial charge is 0.497 e. The molecule has 0 saturated heterocycles. The van der Waals surface area contributed by atoms with Crippen molar-refractivity contribution in [1.82, 2.24) is 9.97 Å². The fourth-order valence-corrected chi connectivity index (χ4v) is 5.00. The number of carbonyl (C=O) groups is 1. The summed E-state index contributed by atoms with van der Waals surface area (Å²) in [7, 11) is 3.07. The van der Waals surface area contributed by atoms with Crippen LogP contribution in [0.25, 0.3) is 22.5 Å². The third-order valence-corrected chi connectivity index (χ3v) is 7.04. The summed E-state index contributed by atoms with van der Waals surface area (Å²) in [6.07, 6.45) is -10.6. The molecule has 0 spiro atoms.